The van der Waals surface area contributed by atoms with Crippen LogP contribution in [0.1, 0.15) is 52.4 Å². The minimum absolute atomic E-state index is 0. The van der Waals surface area contributed by atoms with Crippen molar-refractivity contribution in [2.45, 2.75) is 58.4 Å². The van der Waals surface area contributed by atoms with Gasteiger partial charge in [0.25, 0.3) is 0 Å². The Morgan fingerprint density at radius 3 is 2.56 bits per heavy atom. The highest BCUT2D eigenvalue weighted by atomic mass is 35.5. The maximum Gasteiger partial charge on any atom is 0.317 e. The maximum absolute atomic E-state index is 12.7. The average Bonchev–Trinajstić information content (AvgIpc) is 2.60. The molecule has 6 nitrogen and oxygen atoms in total. The number of piperidine rings is 1. The normalized spacial score (nSPS) is 26.7. The van der Waals surface area contributed by atoms with Gasteiger partial charge in [-0.15, -0.1) is 12.4 Å². The van der Waals surface area contributed by atoms with E-state index in [0.29, 0.717) is 31.5 Å². The number of urea groups is 1. The second-order valence-electron chi connectivity index (χ2n) is 7.76. The van der Waals surface area contributed by atoms with Crippen LogP contribution in [0.2, 0.25) is 0 Å². The molecule has 1 saturated carbocycles. The Morgan fingerprint density at radius 1 is 1.16 bits per heavy atom. The second kappa shape index (κ2) is 10.9. The number of carbonyl (C=O) groups excluding carboxylic acids is 2. The summed E-state index contributed by atoms with van der Waals surface area (Å²) in [5, 5.41) is 6.17. The Labute approximate surface area is 158 Å². The van der Waals surface area contributed by atoms with Crippen molar-refractivity contribution in [2.24, 2.45) is 23.5 Å². The molecule has 0 aromatic heterocycles. The molecule has 0 aromatic rings. The van der Waals surface area contributed by atoms with E-state index in [9.17, 15) is 9.59 Å². The van der Waals surface area contributed by atoms with Crippen molar-refractivity contribution in [3.8, 4) is 0 Å². The van der Waals surface area contributed by atoms with Gasteiger partial charge in [-0.2, -0.15) is 0 Å². The first-order valence-electron chi connectivity index (χ1n) is 9.54. The summed E-state index contributed by atoms with van der Waals surface area (Å²) >= 11 is 0. The molecule has 7 heteroatoms. The second-order valence-corrected chi connectivity index (χ2v) is 7.76. The van der Waals surface area contributed by atoms with Crippen LogP contribution in [0.5, 0.6) is 0 Å². The van der Waals surface area contributed by atoms with Gasteiger partial charge in [-0.25, -0.2) is 4.79 Å². The molecule has 1 aliphatic heterocycles. The SMILES string of the molecule is CC(C)CNC(=O)N1CCCC(C(=O)NC2CCCCC2CN)C1.Cl. The van der Waals surface area contributed by atoms with E-state index in [-0.39, 0.29) is 36.3 Å². The van der Waals surface area contributed by atoms with E-state index in [4.69, 9.17) is 5.73 Å². The summed E-state index contributed by atoms with van der Waals surface area (Å²) in [4.78, 5) is 26.7. The molecule has 25 heavy (non-hydrogen) atoms. The summed E-state index contributed by atoms with van der Waals surface area (Å²) < 4.78 is 0. The number of hydrogen-bond acceptors (Lipinski definition) is 3. The van der Waals surface area contributed by atoms with Crippen LogP contribution in [-0.4, -0.2) is 49.1 Å². The van der Waals surface area contributed by atoms with E-state index in [1.807, 2.05) is 0 Å². The number of amides is 3. The van der Waals surface area contributed by atoms with Crippen molar-refractivity contribution in [3.05, 3.63) is 0 Å². The number of likely N-dealkylation sites (tertiary alicyclic amines) is 1. The van der Waals surface area contributed by atoms with E-state index in [1.165, 1.54) is 6.42 Å². The van der Waals surface area contributed by atoms with Crippen LogP contribution in [0.3, 0.4) is 0 Å². The summed E-state index contributed by atoms with van der Waals surface area (Å²) in [5.41, 5.74) is 5.85. The van der Waals surface area contributed by atoms with Gasteiger partial charge in [0, 0.05) is 25.7 Å². The summed E-state index contributed by atoms with van der Waals surface area (Å²) in [6.07, 6.45) is 6.25. The third-order valence-corrected chi connectivity index (χ3v) is 5.28. The molecule has 146 valence electrons. The molecular weight excluding hydrogens is 340 g/mol. The van der Waals surface area contributed by atoms with Crippen molar-refractivity contribution in [3.63, 3.8) is 0 Å². The standard InChI is InChI=1S/C18H34N4O2.ClH/c1-13(2)11-20-18(24)22-9-5-7-15(12-22)17(23)21-16-8-4-3-6-14(16)10-19;/h13-16H,3-12,19H2,1-2H3,(H,20,24)(H,21,23);1H. The Balaban J connectivity index is 0.00000312. The number of nitrogens with two attached hydrogens (primary N) is 1. The van der Waals surface area contributed by atoms with Crippen LogP contribution in [0.4, 0.5) is 4.79 Å². The van der Waals surface area contributed by atoms with Gasteiger partial charge in [-0.1, -0.05) is 26.7 Å². The number of rotatable bonds is 5. The highest BCUT2D eigenvalue weighted by molar-refractivity contribution is 5.85. The van der Waals surface area contributed by atoms with Crippen molar-refractivity contribution >= 4 is 24.3 Å². The molecule has 0 spiro atoms. The van der Waals surface area contributed by atoms with Gasteiger partial charge in [0.05, 0.1) is 5.92 Å². The predicted octanol–water partition coefficient (Wildman–Crippen LogP) is 2.12. The molecule has 1 aliphatic carbocycles. The Bertz CT molecular complexity index is 433. The summed E-state index contributed by atoms with van der Waals surface area (Å²) in [7, 11) is 0. The number of halogens is 1. The molecular formula is C18H35ClN4O2. The lowest BCUT2D eigenvalue weighted by Gasteiger charge is -2.35. The van der Waals surface area contributed by atoms with Gasteiger partial charge in [0.15, 0.2) is 0 Å². The number of hydrogen-bond donors (Lipinski definition) is 3. The lowest BCUT2D eigenvalue weighted by molar-refractivity contribution is -0.127. The number of nitrogens with zero attached hydrogens (tertiary/aromatic N) is 1. The number of nitrogens with one attached hydrogen (secondary N) is 2. The molecule has 2 rings (SSSR count). The van der Waals surface area contributed by atoms with E-state index in [2.05, 4.69) is 24.5 Å². The summed E-state index contributed by atoms with van der Waals surface area (Å²) in [6.45, 7) is 6.72. The molecule has 2 aliphatic rings. The van der Waals surface area contributed by atoms with Crippen LogP contribution in [0, 0.1) is 17.8 Å². The highest BCUT2D eigenvalue weighted by Gasteiger charge is 2.31. The zero-order valence-electron chi connectivity index (χ0n) is 15.6. The number of carbonyl (C=O) groups is 2. The van der Waals surface area contributed by atoms with Gasteiger partial charge in [-0.05, 0) is 44.1 Å². The van der Waals surface area contributed by atoms with Crippen LogP contribution in [0.15, 0.2) is 0 Å². The van der Waals surface area contributed by atoms with Gasteiger partial charge in [-0.3, -0.25) is 4.79 Å². The summed E-state index contributed by atoms with van der Waals surface area (Å²) in [5.74, 6) is 0.833. The van der Waals surface area contributed by atoms with Gasteiger partial charge < -0.3 is 21.3 Å². The first kappa shape index (κ1) is 22.0. The van der Waals surface area contributed by atoms with E-state index >= 15 is 0 Å². The molecule has 0 aromatic carbocycles. The minimum Gasteiger partial charge on any atom is -0.353 e. The Hall–Kier alpha value is -1.01. The molecule has 0 radical (unpaired) electrons. The largest absolute Gasteiger partial charge is 0.353 e. The van der Waals surface area contributed by atoms with Crippen LogP contribution >= 0.6 is 12.4 Å². The first-order chi connectivity index (χ1) is 11.5. The Kier molecular flexibility index (Phi) is 9.57. The maximum atomic E-state index is 12.7. The fourth-order valence-electron chi connectivity index (χ4n) is 3.76. The fraction of sp³-hybridized carbons (Fsp3) is 0.889. The molecule has 3 amide bonds. The third kappa shape index (κ3) is 6.66. The van der Waals surface area contributed by atoms with E-state index < -0.39 is 0 Å². The average molecular weight is 375 g/mol. The van der Waals surface area contributed by atoms with Crippen molar-refractivity contribution in [1.82, 2.24) is 15.5 Å². The van der Waals surface area contributed by atoms with E-state index in [1.54, 1.807) is 4.90 Å². The van der Waals surface area contributed by atoms with Crippen molar-refractivity contribution in [1.29, 1.82) is 0 Å². The third-order valence-electron chi connectivity index (χ3n) is 5.28. The lowest BCUT2D eigenvalue weighted by Crippen LogP contribution is -2.52. The zero-order valence-corrected chi connectivity index (χ0v) is 16.4. The first-order valence-corrected chi connectivity index (χ1v) is 9.54. The highest BCUT2D eigenvalue weighted by Crippen LogP contribution is 2.25. The molecule has 4 N–H and O–H groups in total. The van der Waals surface area contributed by atoms with Crippen LogP contribution < -0.4 is 16.4 Å². The topological polar surface area (TPSA) is 87.5 Å². The molecule has 3 atom stereocenters. The molecule has 0 bridgehead atoms. The monoisotopic (exact) mass is 374 g/mol. The summed E-state index contributed by atoms with van der Waals surface area (Å²) in [6, 6.07) is 0.167. The van der Waals surface area contributed by atoms with Crippen molar-refractivity contribution < 1.29 is 9.59 Å². The molecule has 1 heterocycles. The van der Waals surface area contributed by atoms with E-state index in [0.717, 1.165) is 38.6 Å². The fourth-order valence-corrected chi connectivity index (χ4v) is 3.76. The quantitative estimate of drug-likeness (QED) is 0.688. The lowest BCUT2D eigenvalue weighted by atomic mass is 9.84. The molecule has 1 saturated heterocycles. The smallest absolute Gasteiger partial charge is 0.317 e. The van der Waals surface area contributed by atoms with Crippen LogP contribution in [-0.2, 0) is 4.79 Å². The van der Waals surface area contributed by atoms with Crippen molar-refractivity contribution in [2.75, 3.05) is 26.2 Å². The van der Waals surface area contributed by atoms with Gasteiger partial charge >= 0.3 is 6.03 Å². The van der Waals surface area contributed by atoms with Crippen LogP contribution in [0.25, 0.3) is 0 Å². The predicted molar refractivity (Wildman–Crippen MR) is 103 cm³/mol. The minimum atomic E-state index is -0.0936. The van der Waals surface area contributed by atoms with Gasteiger partial charge in [0.2, 0.25) is 5.91 Å². The zero-order chi connectivity index (χ0) is 17.5. The molecule has 3 unspecified atom stereocenters. The molecule has 2 fully saturated rings. The van der Waals surface area contributed by atoms with Gasteiger partial charge in [0.1, 0.15) is 0 Å². The Morgan fingerprint density at radius 2 is 1.88 bits per heavy atom.